The topological polar surface area (TPSA) is 0 Å². The van der Waals surface area contributed by atoms with E-state index >= 15 is 0 Å². The molecule has 1 saturated carbocycles. The molecule has 0 spiro atoms. The van der Waals surface area contributed by atoms with Crippen LogP contribution in [-0.4, -0.2) is 0 Å². The van der Waals surface area contributed by atoms with E-state index in [1.807, 2.05) is 0 Å². The summed E-state index contributed by atoms with van der Waals surface area (Å²) in [4.78, 5) is 0. The molecular formula is C34H42. The Hall–Kier alpha value is -2.60. The maximum absolute atomic E-state index is 2.41. The fourth-order valence-corrected chi connectivity index (χ4v) is 5.68. The van der Waals surface area contributed by atoms with Gasteiger partial charge in [0.05, 0.1) is 0 Å². The van der Waals surface area contributed by atoms with Gasteiger partial charge in [0, 0.05) is 0 Å². The lowest BCUT2D eigenvalue weighted by Crippen LogP contribution is -2.15. The summed E-state index contributed by atoms with van der Waals surface area (Å²) in [6.07, 6.45) is 15.7. The molecule has 1 atom stereocenters. The zero-order chi connectivity index (χ0) is 23.6. The SMILES string of the molecule is CC=CCCc1ccc(CCc2ccc(C3CCC(C[C@H](C)c4ccccc4)CC3)cc2)cc1. The first kappa shape index (κ1) is 24.5. The third kappa shape index (κ3) is 7.20. The van der Waals surface area contributed by atoms with E-state index in [1.54, 1.807) is 5.56 Å². The predicted molar refractivity (Wildman–Crippen MR) is 148 cm³/mol. The minimum absolute atomic E-state index is 0.677. The van der Waals surface area contributed by atoms with Gasteiger partial charge in [0.15, 0.2) is 0 Å². The summed E-state index contributed by atoms with van der Waals surface area (Å²) in [5, 5.41) is 0. The van der Waals surface area contributed by atoms with Crippen molar-refractivity contribution in [2.75, 3.05) is 0 Å². The first-order valence-electron chi connectivity index (χ1n) is 13.5. The molecule has 0 heteroatoms. The van der Waals surface area contributed by atoms with Gasteiger partial charge in [-0.15, -0.1) is 0 Å². The summed E-state index contributed by atoms with van der Waals surface area (Å²) in [5.41, 5.74) is 7.41. The zero-order valence-electron chi connectivity index (χ0n) is 21.3. The van der Waals surface area contributed by atoms with Crippen LogP contribution in [0.4, 0.5) is 0 Å². The molecule has 0 amide bonds. The average Bonchev–Trinajstić information content (AvgIpc) is 2.90. The molecule has 178 valence electrons. The highest BCUT2D eigenvalue weighted by Crippen LogP contribution is 2.39. The van der Waals surface area contributed by atoms with E-state index in [9.17, 15) is 0 Å². The Kier molecular flexibility index (Phi) is 9.19. The highest BCUT2D eigenvalue weighted by molar-refractivity contribution is 5.28. The normalized spacial score (nSPS) is 19.4. The third-order valence-electron chi connectivity index (χ3n) is 7.91. The molecule has 0 bridgehead atoms. The van der Waals surface area contributed by atoms with E-state index in [0.717, 1.165) is 37.5 Å². The molecule has 0 N–H and O–H groups in total. The fraction of sp³-hybridized carbons (Fsp3) is 0.412. The number of rotatable bonds is 10. The van der Waals surface area contributed by atoms with Crippen LogP contribution in [0.25, 0.3) is 0 Å². The van der Waals surface area contributed by atoms with Gasteiger partial charge in [0.1, 0.15) is 0 Å². The second-order valence-corrected chi connectivity index (χ2v) is 10.4. The first-order valence-corrected chi connectivity index (χ1v) is 13.5. The highest BCUT2D eigenvalue weighted by atomic mass is 14.3. The average molecular weight is 451 g/mol. The summed E-state index contributed by atoms with van der Waals surface area (Å²) in [5.74, 6) is 2.32. The standard InChI is InChI=1S/C34H42/c1-3-4-6-9-28-12-14-29(15-13-28)16-17-30-18-22-33(23-19-30)34-24-20-31(21-25-34)26-27(2)32-10-7-5-8-11-32/h3-5,7-8,10-15,18-19,22-23,27,31,34H,6,9,16-17,20-21,24-26H2,1-2H3/t27-,31?,34?/m0/s1. The molecule has 34 heavy (non-hydrogen) atoms. The molecule has 3 aromatic rings. The van der Waals surface area contributed by atoms with Crippen molar-refractivity contribution in [3.63, 3.8) is 0 Å². The number of allylic oxidation sites excluding steroid dienone is 2. The van der Waals surface area contributed by atoms with Gasteiger partial charge in [-0.05, 0) is 110 Å². The van der Waals surface area contributed by atoms with E-state index in [1.165, 1.54) is 54.4 Å². The molecule has 0 aromatic heterocycles. The maximum Gasteiger partial charge on any atom is -0.0162 e. The van der Waals surface area contributed by atoms with Crippen LogP contribution in [0.3, 0.4) is 0 Å². The van der Waals surface area contributed by atoms with Gasteiger partial charge in [0.25, 0.3) is 0 Å². The second kappa shape index (κ2) is 12.7. The molecule has 0 radical (unpaired) electrons. The van der Waals surface area contributed by atoms with Crippen LogP contribution < -0.4 is 0 Å². The molecule has 1 aliphatic carbocycles. The minimum Gasteiger partial charge on any atom is -0.0917 e. The zero-order valence-corrected chi connectivity index (χ0v) is 21.3. The van der Waals surface area contributed by atoms with Crippen molar-refractivity contribution in [2.45, 2.75) is 83.5 Å². The number of benzene rings is 3. The smallest absolute Gasteiger partial charge is 0.0162 e. The van der Waals surface area contributed by atoms with Gasteiger partial charge in [-0.25, -0.2) is 0 Å². The van der Waals surface area contributed by atoms with Crippen molar-refractivity contribution in [3.8, 4) is 0 Å². The van der Waals surface area contributed by atoms with Crippen molar-refractivity contribution in [2.24, 2.45) is 5.92 Å². The Morgan fingerprint density at radius 3 is 1.85 bits per heavy atom. The van der Waals surface area contributed by atoms with E-state index < -0.39 is 0 Å². The molecule has 1 aliphatic rings. The summed E-state index contributed by atoms with van der Waals surface area (Å²) in [7, 11) is 0. The lowest BCUT2D eigenvalue weighted by atomic mass is 9.75. The summed E-state index contributed by atoms with van der Waals surface area (Å²) >= 11 is 0. The summed E-state index contributed by atoms with van der Waals surface area (Å²) in [6, 6.07) is 29.9. The lowest BCUT2D eigenvalue weighted by Gasteiger charge is -2.30. The van der Waals surface area contributed by atoms with Gasteiger partial charge in [-0.2, -0.15) is 0 Å². The highest BCUT2D eigenvalue weighted by Gasteiger charge is 2.24. The van der Waals surface area contributed by atoms with E-state index in [4.69, 9.17) is 0 Å². The van der Waals surface area contributed by atoms with Crippen molar-refractivity contribution >= 4 is 0 Å². The molecule has 1 fully saturated rings. The molecule has 0 unspecified atom stereocenters. The van der Waals surface area contributed by atoms with Gasteiger partial charge in [-0.3, -0.25) is 0 Å². The Morgan fingerprint density at radius 1 is 0.706 bits per heavy atom. The van der Waals surface area contributed by atoms with E-state index in [0.29, 0.717) is 5.92 Å². The molecule has 0 nitrogen and oxygen atoms in total. The number of hydrogen-bond donors (Lipinski definition) is 0. The van der Waals surface area contributed by atoms with Crippen molar-refractivity contribution in [3.05, 3.63) is 119 Å². The molecule has 0 aliphatic heterocycles. The first-order chi connectivity index (χ1) is 16.7. The molecule has 4 rings (SSSR count). The quantitative estimate of drug-likeness (QED) is 0.270. The van der Waals surface area contributed by atoms with Gasteiger partial charge in [-0.1, -0.05) is 97.9 Å². The predicted octanol–water partition coefficient (Wildman–Crippen LogP) is 9.45. The van der Waals surface area contributed by atoms with Crippen LogP contribution in [0.5, 0.6) is 0 Å². The number of hydrogen-bond acceptors (Lipinski definition) is 0. The van der Waals surface area contributed by atoms with Crippen LogP contribution >= 0.6 is 0 Å². The van der Waals surface area contributed by atoms with Crippen LogP contribution in [-0.2, 0) is 19.3 Å². The van der Waals surface area contributed by atoms with Gasteiger partial charge in [0.2, 0.25) is 0 Å². The molecule has 3 aromatic carbocycles. The largest absolute Gasteiger partial charge is 0.0917 e. The van der Waals surface area contributed by atoms with Crippen LogP contribution in [0, 0.1) is 5.92 Å². The van der Waals surface area contributed by atoms with Crippen molar-refractivity contribution < 1.29 is 0 Å². The van der Waals surface area contributed by atoms with Crippen molar-refractivity contribution in [1.29, 1.82) is 0 Å². The molecule has 0 heterocycles. The van der Waals surface area contributed by atoms with Crippen LogP contribution in [0.15, 0.2) is 91.0 Å². The van der Waals surface area contributed by atoms with E-state index in [-0.39, 0.29) is 0 Å². The maximum atomic E-state index is 2.41. The second-order valence-electron chi connectivity index (χ2n) is 10.4. The van der Waals surface area contributed by atoms with Gasteiger partial charge < -0.3 is 0 Å². The Morgan fingerprint density at radius 2 is 1.26 bits per heavy atom. The Balaban J connectivity index is 1.21. The van der Waals surface area contributed by atoms with E-state index in [2.05, 4.69) is 105 Å². The molecular weight excluding hydrogens is 408 g/mol. The van der Waals surface area contributed by atoms with Crippen molar-refractivity contribution in [1.82, 2.24) is 0 Å². The molecule has 0 saturated heterocycles. The number of aryl methyl sites for hydroxylation is 3. The fourth-order valence-electron chi connectivity index (χ4n) is 5.68. The minimum atomic E-state index is 0.677. The Bertz CT molecular complexity index is 986. The monoisotopic (exact) mass is 450 g/mol. The summed E-state index contributed by atoms with van der Waals surface area (Å²) in [6.45, 7) is 4.49. The van der Waals surface area contributed by atoms with Crippen LogP contribution in [0.1, 0.15) is 92.0 Å². The van der Waals surface area contributed by atoms with Gasteiger partial charge >= 0.3 is 0 Å². The lowest BCUT2D eigenvalue weighted by molar-refractivity contribution is 0.297. The Labute approximate surface area is 208 Å². The third-order valence-corrected chi connectivity index (χ3v) is 7.91. The summed E-state index contributed by atoms with van der Waals surface area (Å²) < 4.78 is 0. The van der Waals surface area contributed by atoms with Crippen LogP contribution in [0.2, 0.25) is 0 Å².